The highest BCUT2D eigenvalue weighted by Gasteiger charge is 2.28. The van der Waals surface area contributed by atoms with Gasteiger partial charge >= 0.3 is 6.18 Å². The summed E-state index contributed by atoms with van der Waals surface area (Å²) in [6, 6.07) is 2.93. The molecule has 4 nitrogen and oxygen atoms in total. The van der Waals surface area contributed by atoms with E-state index in [9.17, 15) is 18.0 Å². The van der Waals surface area contributed by atoms with Crippen molar-refractivity contribution in [2.75, 3.05) is 14.1 Å². The van der Waals surface area contributed by atoms with Gasteiger partial charge in [-0.3, -0.25) is 4.79 Å². The fourth-order valence-corrected chi connectivity index (χ4v) is 0.466. The van der Waals surface area contributed by atoms with Gasteiger partial charge in [-0.2, -0.15) is 23.7 Å². The Hall–Kier alpha value is -1.76. The summed E-state index contributed by atoms with van der Waals surface area (Å²) in [5.74, 6) is -1.14. The number of carbonyl (C=O) groups is 1. The van der Waals surface area contributed by atoms with Gasteiger partial charge in [-0.15, -0.1) is 0 Å². The molecule has 0 aromatic heterocycles. The Labute approximate surface area is 91.9 Å². The van der Waals surface area contributed by atoms with Gasteiger partial charge in [0.1, 0.15) is 5.92 Å². The van der Waals surface area contributed by atoms with Crippen LogP contribution in [0.2, 0.25) is 0 Å². The Bertz CT molecular complexity index is 261. The van der Waals surface area contributed by atoms with E-state index < -0.39 is 24.9 Å². The molecule has 7 heteroatoms. The normalized spacial score (nSPS) is 9.50. The lowest BCUT2D eigenvalue weighted by Crippen LogP contribution is -2.09. The summed E-state index contributed by atoms with van der Waals surface area (Å²) in [5.41, 5.74) is 0. The van der Waals surface area contributed by atoms with Crippen molar-refractivity contribution in [1.82, 2.24) is 4.90 Å². The molecule has 0 saturated heterocycles. The average molecular weight is 235 g/mol. The monoisotopic (exact) mass is 235 g/mol. The fraction of sp³-hybridized carbons (Fsp3) is 0.667. The molecule has 16 heavy (non-hydrogen) atoms. The van der Waals surface area contributed by atoms with Gasteiger partial charge in [-0.25, -0.2) is 0 Å². The first-order valence-corrected chi connectivity index (χ1v) is 4.24. The van der Waals surface area contributed by atoms with Crippen LogP contribution in [0.4, 0.5) is 13.2 Å². The van der Waals surface area contributed by atoms with E-state index in [1.165, 1.54) is 17.0 Å². The van der Waals surface area contributed by atoms with Crippen LogP contribution in [0.3, 0.4) is 0 Å². The third-order valence-electron chi connectivity index (χ3n) is 1.24. The van der Waals surface area contributed by atoms with E-state index in [4.69, 9.17) is 10.5 Å². The number of hydrogen-bond acceptors (Lipinski definition) is 3. The van der Waals surface area contributed by atoms with E-state index in [1.807, 2.05) is 0 Å². The highest BCUT2D eigenvalue weighted by atomic mass is 19.4. The van der Waals surface area contributed by atoms with Gasteiger partial charge in [0.15, 0.2) is 0 Å². The van der Waals surface area contributed by atoms with Crippen LogP contribution in [0.1, 0.15) is 12.8 Å². The predicted molar refractivity (Wildman–Crippen MR) is 49.8 cm³/mol. The van der Waals surface area contributed by atoms with Crippen LogP contribution in [0.5, 0.6) is 0 Å². The van der Waals surface area contributed by atoms with Crippen molar-refractivity contribution in [2.45, 2.75) is 19.0 Å². The maximum atomic E-state index is 11.5. The van der Waals surface area contributed by atoms with Crippen LogP contribution < -0.4 is 0 Å². The molecule has 1 amide bonds. The summed E-state index contributed by atoms with van der Waals surface area (Å²) >= 11 is 0. The van der Waals surface area contributed by atoms with Crippen LogP contribution in [0.15, 0.2) is 0 Å². The molecule has 0 aliphatic carbocycles. The largest absolute Gasteiger partial charge is 0.389 e. The topological polar surface area (TPSA) is 67.9 Å². The van der Waals surface area contributed by atoms with Crippen LogP contribution in [-0.2, 0) is 4.79 Å². The number of carbonyl (C=O) groups excluding carboxylic acids is 1. The highest BCUT2D eigenvalue weighted by Crippen LogP contribution is 2.23. The summed E-state index contributed by atoms with van der Waals surface area (Å²) < 4.78 is 34.4. The second-order valence-electron chi connectivity index (χ2n) is 3.03. The molecular formula is C9H12F3N3O. The van der Waals surface area contributed by atoms with Gasteiger partial charge in [-0.05, 0) is 6.42 Å². The number of hydrogen-bond donors (Lipinski definition) is 0. The van der Waals surface area contributed by atoms with Crippen molar-refractivity contribution in [3.05, 3.63) is 0 Å². The summed E-state index contributed by atoms with van der Waals surface area (Å²) in [5, 5.41) is 16.2. The number of rotatable bonds is 3. The fourth-order valence-electron chi connectivity index (χ4n) is 0.466. The lowest BCUT2D eigenvalue weighted by molar-refractivity contribution is -0.136. The molecule has 0 heterocycles. The van der Waals surface area contributed by atoms with Crippen LogP contribution in [0, 0.1) is 28.6 Å². The molecule has 0 radical (unpaired) electrons. The third kappa shape index (κ3) is 14.7. The molecule has 0 aromatic rings. The second kappa shape index (κ2) is 8.54. The summed E-state index contributed by atoms with van der Waals surface area (Å²) in [6.07, 6.45) is -5.03. The second-order valence-corrected chi connectivity index (χ2v) is 3.03. The number of nitriles is 2. The first kappa shape index (κ1) is 16.7. The Morgan fingerprint density at radius 2 is 1.69 bits per heavy atom. The molecule has 0 N–H and O–H groups in total. The van der Waals surface area contributed by atoms with Crippen molar-refractivity contribution >= 4 is 6.41 Å². The van der Waals surface area contributed by atoms with Crippen LogP contribution in [-0.4, -0.2) is 31.6 Å². The smallest absolute Gasteiger partial charge is 0.351 e. The predicted octanol–water partition coefficient (Wildman–Crippen LogP) is 1.70. The zero-order valence-corrected chi connectivity index (χ0v) is 8.95. The molecule has 0 rings (SSSR count). The molecule has 0 atom stereocenters. The Kier molecular flexibility index (Phi) is 8.89. The Morgan fingerprint density at radius 1 is 1.31 bits per heavy atom. The Morgan fingerprint density at radius 3 is 1.88 bits per heavy atom. The maximum absolute atomic E-state index is 11.5. The minimum atomic E-state index is -4.27. The SMILES string of the molecule is CN(C)C=O.N#CC(C#N)CCC(F)(F)F. The summed E-state index contributed by atoms with van der Waals surface area (Å²) in [6.45, 7) is 0. The zero-order valence-electron chi connectivity index (χ0n) is 8.95. The molecule has 0 aliphatic rings. The van der Waals surface area contributed by atoms with Gasteiger partial charge in [0, 0.05) is 20.5 Å². The lowest BCUT2D eigenvalue weighted by atomic mass is 10.1. The third-order valence-corrected chi connectivity index (χ3v) is 1.24. The van der Waals surface area contributed by atoms with Crippen molar-refractivity contribution in [1.29, 1.82) is 10.5 Å². The molecule has 90 valence electrons. The van der Waals surface area contributed by atoms with Gasteiger partial charge in [0.05, 0.1) is 12.1 Å². The van der Waals surface area contributed by atoms with Crippen LogP contribution >= 0.6 is 0 Å². The van der Waals surface area contributed by atoms with Crippen molar-refractivity contribution < 1.29 is 18.0 Å². The van der Waals surface area contributed by atoms with E-state index in [0.29, 0.717) is 0 Å². The van der Waals surface area contributed by atoms with E-state index in [2.05, 4.69) is 0 Å². The molecule has 0 bridgehead atoms. The minimum Gasteiger partial charge on any atom is -0.351 e. The van der Waals surface area contributed by atoms with E-state index >= 15 is 0 Å². The first-order chi connectivity index (χ1) is 7.26. The van der Waals surface area contributed by atoms with Crippen molar-refractivity contribution in [3.63, 3.8) is 0 Å². The molecular weight excluding hydrogens is 223 g/mol. The van der Waals surface area contributed by atoms with Gasteiger partial charge in [0.25, 0.3) is 0 Å². The zero-order chi connectivity index (χ0) is 13.2. The lowest BCUT2D eigenvalue weighted by Gasteiger charge is -2.04. The summed E-state index contributed by atoms with van der Waals surface area (Å²) in [7, 11) is 3.38. The van der Waals surface area contributed by atoms with E-state index in [0.717, 1.165) is 6.41 Å². The number of amides is 1. The molecule has 0 saturated carbocycles. The quantitative estimate of drug-likeness (QED) is 0.699. The number of nitrogens with zero attached hydrogens (tertiary/aromatic N) is 3. The maximum Gasteiger partial charge on any atom is 0.389 e. The van der Waals surface area contributed by atoms with E-state index in [-0.39, 0.29) is 0 Å². The Balaban J connectivity index is 0. The van der Waals surface area contributed by atoms with Gasteiger partial charge in [-0.1, -0.05) is 0 Å². The standard InChI is InChI=1S/C6H5F3N2.C3H7NO/c7-6(8,9)2-1-5(3-10)4-11;1-4(2)3-5/h5H,1-2H2;3H,1-2H3. The molecule has 0 unspecified atom stereocenters. The molecule has 0 fully saturated rings. The number of halogens is 3. The minimum absolute atomic E-state index is 0.434. The van der Waals surface area contributed by atoms with Crippen LogP contribution in [0.25, 0.3) is 0 Å². The number of alkyl halides is 3. The van der Waals surface area contributed by atoms with Gasteiger partial charge in [0.2, 0.25) is 6.41 Å². The average Bonchev–Trinajstić information content (AvgIpc) is 2.18. The highest BCUT2D eigenvalue weighted by molar-refractivity contribution is 5.45. The molecule has 0 spiro atoms. The first-order valence-electron chi connectivity index (χ1n) is 4.24. The summed E-state index contributed by atoms with van der Waals surface area (Å²) in [4.78, 5) is 10.9. The molecule has 0 aromatic carbocycles. The van der Waals surface area contributed by atoms with E-state index in [1.54, 1.807) is 14.1 Å². The molecule has 0 aliphatic heterocycles. The van der Waals surface area contributed by atoms with Crippen molar-refractivity contribution in [3.8, 4) is 12.1 Å². The van der Waals surface area contributed by atoms with Crippen molar-refractivity contribution in [2.24, 2.45) is 5.92 Å². The van der Waals surface area contributed by atoms with Gasteiger partial charge < -0.3 is 4.90 Å².